The lowest BCUT2D eigenvalue weighted by Crippen LogP contribution is -2.12. The lowest BCUT2D eigenvalue weighted by atomic mass is 10.1. The average molecular weight is 180 g/mol. The highest BCUT2D eigenvalue weighted by atomic mass is 16.5. The molecule has 0 heterocycles. The molecule has 4 heteroatoms. The van der Waals surface area contributed by atoms with E-state index in [0.29, 0.717) is 11.3 Å². The van der Waals surface area contributed by atoms with Crippen LogP contribution in [0.25, 0.3) is 0 Å². The van der Waals surface area contributed by atoms with Crippen molar-refractivity contribution in [3.63, 3.8) is 0 Å². The van der Waals surface area contributed by atoms with E-state index < -0.39 is 5.91 Å². The van der Waals surface area contributed by atoms with Crippen LogP contribution in [0.15, 0.2) is 18.2 Å². The molecule has 4 nitrogen and oxygen atoms in total. The number of primary amides is 1. The molecule has 4 N–H and O–H groups in total. The van der Waals surface area contributed by atoms with Gasteiger partial charge >= 0.3 is 0 Å². The third kappa shape index (κ3) is 2.19. The summed E-state index contributed by atoms with van der Waals surface area (Å²) in [5, 5.41) is 0. The Balaban J connectivity index is 2.98. The molecular formula is C9H12N2O2. The standard InChI is InChI=1S/C9H12N2O2/c1-6-4-7(9(11)12)2-3-8(6)13-5-10/h2-4H,5,10H2,1H3,(H2,11,12). The van der Waals surface area contributed by atoms with Gasteiger partial charge in [0.2, 0.25) is 5.91 Å². The number of rotatable bonds is 3. The zero-order valence-corrected chi connectivity index (χ0v) is 7.41. The maximum Gasteiger partial charge on any atom is 0.248 e. The van der Waals surface area contributed by atoms with Crippen molar-refractivity contribution in [2.45, 2.75) is 6.92 Å². The molecule has 0 saturated carbocycles. The molecule has 0 radical (unpaired) electrons. The molecule has 0 fully saturated rings. The summed E-state index contributed by atoms with van der Waals surface area (Å²) in [5.41, 5.74) is 11.6. The number of nitrogens with two attached hydrogens (primary N) is 2. The second-order valence-electron chi connectivity index (χ2n) is 2.66. The SMILES string of the molecule is Cc1cc(C(N)=O)ccc1OCN. The minimum Gasteiger partial charge on any atom is -0.478 e. The summed E-state index contributed by atoms with van der Waals surface area (Å²) in [4.78, 5) is 10.8. The van der Waals surface area contributed by atoms with Crippen LogP contribution in [0.5, 0.6) is 5.75 Å². The van der Waals surface area contributed by atoms with Crippen LogP contribution < -0.4 is 16.2 Å². The first-order valence-electron chi connectivity index (χ1n) is 3.88. The van der Waals surface area contributed by atoms with Crippen LogP contribution in [0.3, 0.4) is 0 Å². The molecule has 13 heavy (non-hydrogen) atoms. The second kappa shape index (κ2) is 3.91. The minimum absolute atomic E-state index is 0.122. The fourth-order valence-electron chi connectivity index (χ4n) is 1.05. The fraction of sp³-hybridized carbons (Fsp3) is 0.222. The van der Waals surface area contributed by atoms with E-state index in [-0.39, 0.29) is 6.73 Å². The maximum atomic E-state index is 10.8. The summed E-state index contributed by atoms with van der Waals surface area (Å²) >= 11 is 0. The van der Waals surface area contributed by atoms with E-state index in [9.17, 15) is 4.79 Å². The highest BCUT2D eigenvalue weighted by molar-refractivity contribution is 5.93. The molecule has 0 unspecified atom stereocenters. The number of benzene rings is 1. The van der Waals surface area contributed by atoms with Crippen LogP contribution in [-0.2, 0) is 0 Å². The van der Waals surface area contributed by atoms with E-state index in [1.165, 1.54) is 0 Å². The van der Waals surface area contributed by atoms with Gasteiger partial charge in [0.15, 0.2) is 0 Å². The molecule has 1 rings (SSSR count). The van der Waals surface area contributed by atoms with E-state index in [1.807, 2.05) is 6.92 Å². The number of carbonyl (C=O) groups is 1. The number of hydrogen-bond donors (Lipinski definition) is 2. The number of hydrogen-bond acceptors (Lipinski definition) is 3. The van der Waals surface area contributed by atoms with Gasteiger partial charge in [-0.3, -0.25) is 10.5 Å². The second-order valence-corrected chi connectivity index (χ2v) is 2.66. The molecular weight excluding hydrogens is 168 g/mol. The van der Waals surface area contributed by atoms with Crippen molar-refractivity contribution in [1.82, 2.24) is 0 Å². The van der Waals surface area contributed by atoms with Crippen molar-refractivity contribution < 1.29 is 9.53 Å². The van der Waals surface area contributed by atoms with Crippen LogP contribution in [0, 0.1) is 6.92 Å². The Kier molecular flexibility index (Phi) is 2.87. The first kappa shape index (κ1) is 9.54. The lowest BCUT2D eigenvalue weighted by Gasteiger charge is -2.06. The van der Waals surface area contributed by atoms with Gasteiger partial charge in [-0.25, -0.2) is 0 Å². The Morgan fingerprint density at radius 3 is 2.69 bits per heavy atom. The van der Waals surface area contributed by atoms with Crippen LogP contribution in [0.4, 0.5) is 0 Å². The van der Waals surface area contributed by atoms with E-state index in [4.69, 9.17) is 16.2 Å². The molecule has 1 amide bonds. The molecule has 0 aromatic heterocycles. The van der Waals surface area contributed by atoms with Crippen LogP contribution in [0.1, 0.15) is 15.9 Å². The fourth-order valence-corrected chi connectivity index (χ4v) is 1.05. The summed E-state index contributed by atoms with van der Waals surface area (Å²) in [6, 6.07) is 4.97. The van der Waals surface area contributed by atoms with Crippen molar-refractivity contribution in [2.75, 3.05) is 6.73 Å². The Bertz CT molecular complexity index is 323. The normalized spacial score (nSPS) is 9.69. The van der Waals surface area contributed by atoms with E-state index in [1.54, 1.807) is 18.2 Å². The molecule has 0 aliphatic carbocycles. The summed E-state index contributed by atoms with van der Waals surface area (Å²) < 4.78 is 5.10. The van der Waals surface area contributed by atoms with Gasteiger partial charge in [0, 0.05) is 5.56 Å². The lowest BCUT2D eigenvalue weighted by molar-refractivity contribution is 0.1000. The predicted molar refractivity (Wildman–Crippen MR) is 49.4 cm³/mol. The summed E-state index contributed by atoms with van der Waals surface area (Å²) in [5.74, 6) is 0.231. The Morgan fingerprint density at radius 2 is 2.23 bits per heavy atom. The molecule has 1 aromatic rings. The van der Waals surface area contributed by atoms with Crippen molar-refractivity contribution in [1.29, 1.82) is 0 Å². The van der Waals surface area contributed by atoms with Crippen molar-refractivity contribution in [2.24, 2.45) is 11.5 Å². The Labute approximate surface area is 76.5 Å². The van der Waals surface area contributed by atoms with Gasteiger partial charge in [-0.05, 0) is 30.7 Å². The summed E-state index contributed by atoms with van der Waals surface area (Å²) in [6.07, 6.45) is 0. The molecule has 0 saturated heterocycles. The largest absolute Gasteiger partial charge is 0.478 e. The zero-order valence-electron chi connectivity index (χ0n) is 7.41. The van der Waals surface area contributed by atoms with E-state index >= 15 is 0 Å². The van der Waals surface area contributed by atoms with Gasteiger partial charge in [-0.1, -0.05) is 0 Å². The Hall–Kier alpha value is -1.55. The topological polar surface area (TPSA) is 78.3 Å². The molecule has 0 aliphatic rings. The molecule has 0 bridgehead atoms. The number of carbonyl (C=O) groups excluding carboxylic acids is 1. The highest BCUT2D eigenvalue weighted by Crippen LogP contribution is 2.18. The molecule has 0 atom stereocenters. The molecule has 1 aromatic carbocycles. The first-order chi connectivity index (χ1) is 6.15. The molecule has 0 aliphatic heterocycles. The predicted octanol–water partition coefficient (Wildman–Crippen LogP) is 0.389. The minimum atomic E-state index is -0.442. The number of aryl methyl sites for hydroxylation is 1. The highest BCUT2D eigenvalue weighted by Gasteiger charge is 2.03. The van der Waals surface area contributed by atoms with E-state index in [2.05, 4.69) is 0 Å². The summed E-state index contributed by atoms with van der Waals surface area (Å²) in [6.45, 7) is 1.95. The first-order valence-corrected chi connectivity index (χ1v) is 3.88. The molecule has 0 spiro atoms. The number of ether oxygens (including phenoxy) is 1. The maximum absolute atomic E-state index is 10.8. The van der Waals surface area contributed by atoms with E-state index in [0.717, 1.165) is 5.56 Å². The smallest absolute Gasteiger partial charge is 0.248 e. The van der Waals surface area contributed by atoms with Crippen molar-refractivity contribution >= 4 is 5.91 Å². The van der Waals surface area contributed by atoms with Gasteiger partial charge < -0.3 is 10.5 Å². The molecule has 70 valence electrons. The third-order valence-corrected chi connectivity index (χ3v) is 1.70. The van der Waals surface area contributed by atoms with Crippen molar-refractivity contribution in [3.8, 4) is 5.75 Å². The van der Waals surface area contributed by atoms with Crippen LogP contribution in [-0.4, -0.2) is 12.6 Å². The van der Waals surface area contributed by atoms with Gasteiger partial charge in [-0.15, -0.1) is 0 Å². The monoisotopic (exact) mass is 180 g/mol. The van der Waals surface area contributed by atoms with Crippen molar-refractivity contribution in [3.05, 3.63) is 29.3 Å². The quantitative estimate of drug-likeness (QED) is 0.660. The Morgan fingerprint density at radius 1 is 1.54 bits per heavy atom. The number of amides is 1. The summed E-state index contributed by atoms with van der Waals surface area (Å²) in [7, 11) is 0. The average Bonchev–Trinajstić information content (AvgIpc) is 2.08. The van der Waals surface area contributed by atoms with Gasteiger partial charge in [0.1, 0.15) is 12.5 Å². The van der Waals surface area contributed by atoms with Gasteiger partial charge in [0.05, 0.1) is 0 Å². The van der Waals surface area contributed by atoms with Crippen LogP contribution in [0.2, 0.25) is 0 Å². The zero-order chi connectivity index (χ0) is 9.84. The van der Waals surface area contributed by atoms with Crippen LogP contribution >= 0.6 is 0 Å². The third-order valence-electron chi connectivity index (χ3n) is 1.70. The van der Waals surface area contributed by atoms with Gasteiger partial charge in [-0.2, -0.15) is 0 Å². The van der Waals surface area contributed by atoms with Gasteiger partial charge in [0.25, 0.3) is 0 Å².